The highest BCUT2D eigenvalue weighted by Crippen LogP contribution is 2.32. The zero-order chi connectivity index (χ0) is 18.4. The van der Waals surface area contributed by atoms with Gasteiger partial charge in [0.2, 0.25) is 5.91 Å². The van der Waals surface area contributed by atoms with Gasteiger partial charge < -0.3 is 10.1 Å². The zero-order valence-electron chi connectivity index (χ0n) is 14.0. The van der Waals surface area contributed by atoms with Crippen LogP contribution in [0, 0.1) is 11.8 Å². The van der Waals surface area contributed by atoms with E-state index in [1.165, 1.54) is 0 Å². The topological polar surface area (TPSA) is 55.4 Å². The molecule has 0 heterocycles. The molecular weight excluding hydrogens is 335 g/mol. The maximum Gasteiger partial charge on any atom is 0.422 e. The first-order chi connectivity index (χ1) is 11.8. The first-order valence-electron chi connectivity index (χ1n) is 8.36. The molecule has 138 valence electrons. The third-order valence-corrected chi connectivity index (χ3v) is 4.44. The van der Waals surface area contributed by atoms with Crippen molar-refractivity contribution in [3.05, 3.63) is 35.9 Å². The van der Waals surface area contributed by atoms with Gasteiger partial charge in [-0.05, 0) is 25.3 Å². The first-order valence-corrected chi connectivity index (χ1v) is 8.36. The summed E-state index contributed by atoms with van der Waals surface area (Å²) in [7, 11) is 0. The molecule has 7 heteroatoms. The van der Waals surface area contributed by atoms with Crippen molar-refractivity contribution < 1.29 is 27.5 Å². The molecule has 1 aromatic carbocycles. The Balaban J connectivity index is 1.99. The van der Waals surface area contributed by atoms with Crippen LogP contribution in [0.4, 0.5) is 13.2 Å². The van der Waals surface area contributed by atoms with Gasteiger partial charge >= 0.3 is 12.1 Å². The summed E-state index contributed by atoms with van der Waals surface area (Å²) < 4.78 is 41.1. The number of carbonyl (C=O) groups is 2. The molecule has 4 nitrogen and oxygen atoms in total. The molecule has 0 spiro atoms. The minimum atomic E-state index is -4.57. The van der Waals surface area contributed by atoms with Crippen molar-refractivity contribution in [1.82, 2.24) is 5.32 Å². The Morgan fingerprint density at radius 2 is 1.76 bits per heavy atom. The number of hydrogen-bond donors (Lipinski definition) is 1. The van der Waals surface area contributed by atoms with Crippen molar-refractivity contribution in [2.45, 2.75) is 44.8 Å². The van der Waals surface area contributed by atoms with Crippen LogP contribution in [-0.4, -0.2) is 24.7 Å². The molecule has 1 amide bonds. The lowest BCUT2D eigenvalue weighted by Gasteiger charge is -2.30. The van der Waals surface area contributed by atoms with E-state index in [9.17, 15) is 22.8 Å². The maximum absolute atomic E-state index is 12.6. The van der Waals surface area contributed by atoms with E-state index in [4.69, 9.17) is 0 Å². The van der Waals surface area contributed by atoms with Crippen LogP contribution in [0.5, 0.6) is 0 Å². The van der Waals surface area contributed by atoms with Crippen LogP contribution >= 0.6 is 0 Å². The summed E-state index contributed by atoms with van der Waals surface area (Å²) in [6, 6.07) is 9.09. The van der Waals surface area contributed by atoms with Crippen LogP contribution in [-0.2, 0) is 14.3 Å². The summed E-state index contributed by atoms with van der Waals surface area (Å²) in [5.41, 5.74) is 0.919. The molecule has 1 aliphatic carbocycles. The van der Waals surface area contributed by atoms with Crippen LogP contribution < -0.4 is 5.32 Å². The first kappa shape index (κ1) is 19.3. The van der Waals surface area contributed by atoms with Crippen molar-refractivity contribution in [1.29, 1.82) is 0 Å². The average molecular weight is 357 g/mol. The normalized spacial score (nSPS) is 22.1. The molecule has 1 aromatic rings. The molecule has 2 rings (SSSR count). The Morgan fingerprint density at radius 1 is 1.16 bits per heavy atom. The smallest absolute Gasteiger partial charge is 0.422 e. The largest absolute Gasteiger partial charge is 0.456 e. The number of halogens is 3. The summed E-state index contributed by atoms with van der Waals surface area (Å²) >= 11 is 0. The van der Waals surface area contributed by atoms with Crippen LogP contribution in [0.1, 0.15) is 44.2 Å². The Bertz CT molecular complexity index is 589. The van der Waals surface area contributed by atoms with E-state index in [-0.39, 0.29) is 11.9 Å². The zero-order valence-corrected chi connectivity index (χ0v) is 14.0. The lowest BCUT2D eigenvalue weighted by atomic mass is 9.78. The van der Waals surface area contributed by atoms with Crippen molar-refractivity contribution in [2.24, 2.45) is 11.8 Å². The second kappa shape index (κ2) is 8.36. The fourth-order valence-electron chi connectivity index (χ4n) is 3.13. The molecule has 1 aliphatic rings. The predicted molar refractivity (Wildman–Crippen MR) is 85.5 cm³/mol. The number of benzene rings is 1. The van der Waals surface area contributed by atoms with Gasteiger partial charge in [0.15, 0.2) is 6.61 Å². The fourth-order valence-corrected chi connectivity index (χ4v) is 3.13. The number of carbonyl (C=O) groups excluding carboxylic acids is 2. The van der Waals surface area contributed by atoms with Crippen molar-refractivity contribution in [3.63, 3.8) is 0 Å². The molecular formula is C18H22F3NO3. The Labute approximate surface area is 144 Å². The number of ether oxygens (including phenoxy) is 1. The van der Waals surface area contributed by atoms with Crippen LogP contribution in [0.2, 0.25) is 0 Å². The lowest BCUT2D eigenvalue weighted by molar-refractivity contribution is -0.191. The lowest BCUT2D eigenvalue weighted by Crippen LogP contribution is -2.41. The maximum atomic E-state index is 12.6. The van der Waals surface area contributed by atoms with E-state index in [2.05, 4.69) is 10.1 Å². The molecule has 1 N–H and O–H groups in total. The van der Waals surface area contributed by atoms with E-state index >= 15 is 0 Å². The van der Waals surface area contributed by atoms with Crippen LogP contribution in [0.3, 0.4) is 0 Å². The van der Waals surface area contributed by atoms with Gasteiger partial charge in [-0.2, -0.15) is 13.2 Å². The Kier molecular flexibility index (Phi) is 6.45. The van der Waals surface area contributed by atoms with Gasteiger partial charge in [0.05, 0.1) is 17.9 Å². The number of hydrogen-bond acceptors (Lipinski definition) is 3. The van der Waals surface area contributed by atoms with Gasteiger partial charge in [-0.3, -0.25) is 9.59 Å². The molecule has 3 atom stereocenters. The standard InChI is InChI=1S/C18H22F3NO3/c1-12(13-7-3-2-4-8-13)22-16(23)14-9-5-6-10-15(14)17(24)25-11-18(19,20)21/h2-4,7-8,12,14-15H,5-6,9-11H2,1H3,(H,22,23)/t12-,14-,15+/m0/s1. The SMILES string of the molecule is C[C@H](NC(=O)[C@H]1CCCC[C@H]1C(=O)OCC(F)(F)F)c1ccccc1. The number of alkyl halides is 3. The van der Waals surface area contributed by atoms with E-state index in [1.807, 2.05) is 37.3 Å². The number of esters is 1. The van der Waals surface area contributed by atoms with Crippen molar-refractivity contribution in [3.8, 4) is 0 Å². The summed E-state index contributed by atoms with van der Waals surface area (Å²) in [6.07, 6.45) is -2.26. The molecule has 0 radical (unpaired) electrons. The van der Waals surface area contributed by atoms with Crippen LogP contribution in [0.15, 0.2) is 30.3 Å². The predicted octanol–water partition coefficient (Wildman–Crippen LogP) is 3.78. The molecule has 0 bridgehead atoms. The van der Waals surface area contributed by atoms with E-state index in [0.717, 1.165) is 12.0 Å². The van der Waals surface area contributed by atoms with Gasteiger partial charge in [0.25, 0.3) is 0 Å². The highest BCUT2D eigenvalue weighted by atomic mass is 19.4. The minimum absolute atomic E-state index is 0.248. The van der Waals surface area contributed by atoms with Crippen molar-refractivity contribution >= 4 is 11.9 Å². The molecule has 0 unspecified atom stereocenters. The summed E-state index contributed by atoms with van der Waals surface area (Å²) in [4.78, 5) is 24.6. The minimum Gasteiger partial charge on any atom is -0.456 e. The Morgan fingerprint density at radius 3 is 2.36 bits per heavy atom. The van der Waals surface area contributed by atoms with Gasteiger partial charge in [0.1, 0.15) is 0 Å². The number of amides is 1. The quantitative estimate of drug-likeness (QED) is 0.816. The fraction of sp³-hybridized carbons (Fsp3) is 0.556. The third-order valence-electron chi connectivity index (χ3n) is 4.44. The van der Waals surface area contributed by atoms with E-state index in [0.29, 0.717) is 19.3 Å². The second-order valence-corrected chi connectivity index (χ2v) is 6.36. The summed E-state index contributed by atoms with van der Waals surface area (Å²) in [5, 5.41) is 2.85. The number of nitrogens with one attached hydrogen (secondary N) is 1. The highest BCUT2D eigenvalue weighted by Gasteiger charge is 2.39. The third kappa shape index (κ3) is 5.76. The van der Waals surface area contributed by atoms with E-state index < -0.39 is 30.6 Å². The van der Waals surface area contributed by atoms with Crippen LogP contribution in [0.25, 0.3) is 0 Å². The molecule has 0 saturated heterocycles. The monoisotopic (exact) mass is 357 g/mol. The van der Waals surface area contributed by atoms with Gasteiger partial charge in [0, 0.05) is 0 Å². The summed E-state index contributed by atoms with van der Waals surface area (Å²) in [5.74, 6) is -2.73. The van der Waals surface area contributed by atoms with Gasteiger partial charge in [-0.1, -0.05) is 43.2 Å². The molecule has 25 heavy (non-hydrogen) atoms. The van der Waals surface area contributed by atoms with Crippen molar-refractivity contribution in [2.75, 3.05) is 6.61 Å². The molecule has 1 saturated carbocycles. The molecule has 0 aromatic heterocycles. The second-order valence-electron chi connectivity index (χ2n) is 6.36. The number of rotatable bonds is 5. The van der Waals surface area contributed by atoms with Gasteiger partial charge in [-0.25, -0.2) is 0 Å². The average Bonchev–Trinajstić information content (AvgIpc) is 2.59. The highest BCUT2D eigenvalue weighted by molar-refractivity contribution is 5.85. The van der Waals surface area contributed by atoms with E-state index in [1.54, 1.807) is 0 Å². The Hall–Kier alpha value is -2.05. The molecule has 0 aliphatic heterocycles. The summed E-state index contributed by atoms with van der Waals surface area (Å²) in [6.45, 7) is 0.212. The molecule has 1 fully saturated rings. The van der Waals surface area contributed by atoms with Gasteiger partial charge in [-0.15, -0.1) is 0 Å².